The number of fused-ring (bicyclic) bond motifs is 3. The first kappa shape index (κ1) is 22.1. The normalized spacial score (nSPS) is 29.9. The molecule has 0 saturated carbocycles. The lowest BCUT2D eigenvalue weighted by Crippen LogP contribution is -2.58. The lowest BCUT2D eigenvalue weighted by Gasteiger charge is -2.44. The van der Waals surface area contributed by atoms with E-state index in [0.29, 0.717) is 37.2 Å². The van der Waals surface area contributed by atoms with Crippen molar-refractivity contribution in [1.82, 2.24) is 9.80 Å². The molecular weight excluding hydrogens is 450 g/mol. The smallest absolute Gasteiger partial charge is 0.290 e. The predicted octanol–water partition coefficient (Wildman–Crippen LogP) is 3.95. The van der Waals surface area contributed by atoms with Crippen LogP contribution in [-0.2, 0) is 22.6 Å². The van der Waals surface area contributed by atoms with E-state index < -0.39 is 0 Å². The Bertz CT molecular complexity index is 1260. The average Bonchev–Trinajstić information content (AvgIpc) is 3.47. The summed E-state index contributed by atoms with van der Waals surface area (Å²) in [6.45, 7) is 8.29. The van der Waals surface area contributed by atoms with Crippen LogP contribution in [0.1, 0.15) is 42.0 Å². The maximum absolute atomic E-state index is 12.9. The molecule has 7 nitrogen and oxygen atoms in total. The van der Waals surface area contributed by atoms with Gasteiger partial charge in [-0.3, -0.25) is 14.6 Å². The number of amidine groups is 1. The first-order valence-corrected chi connectivity index (χ1v) is 13.2. The van der Waals surface area contributed by atoms with Crippen LogP contribution >= 0.6 is 0 Å². The standard InChI is InChI=1S/C29H33N5O2/c1-18-10-23-14-33(15-24-12-20(18)13-34(23)24)16-28(35)30-22-7-9-26-21(11-22)17-36-29(31-26)32-27-8-6-19-4-2-3-5-25(19)27/h2-5,7,9,11,20,23-24,27H,1,6,8,10,12-17H2,(H,30,35)(H,31,32)/t20?,23?,24?,27-/m1/s1. The van der Waals surface area contributed by atoms with Crippen LogP contribution in [0.5, 0.6) is 0 Å². The number of nitrogens with zero attached hydrogens (tertiary/aromatic N) is 3. The van der Waals surface area contributed by atoms with Crippen molar-refractivity contribution in [2.24, 2.45) is 10.9 Å². The van der Waals surface area contributed by atoms with E-state index in [1.165, 1.54) is 29.7 Å². The number of carbonyl (C=O) groups excluding carboxylic acids is 1. The Labute approximate surface area is 212 Å². The molecule has 4 aliphatic heterocycles. The number of ether oxygens (including phenoxy) is 1. The van der Waals surface area contributed by atoms with Gasteiger partial charge in [0.05, 0.1) is 12.6 Å². The number of piperidine rings is 1. The monoisotopic (exact) mass is 483 g/mol. The van der Waals surface area contributed by atoms with E-state index in [-0.39, 0.29) is 11.9 Å². The number of aryl methyl sites for hydroxylation is 1. The van der Waals surface area contributed by atoms with Gasteiger partial charge in [-0.05, 0) is 60.9 Å². The van der Waals surface area contributed by atoms with Crippen molar-refractivity contribution >= 4 is 23.3 Å². The van der Waals surface area contributed by atoms with Gasteiger partial charge in [-0.2, -0.15) is 0 Å². The Hall–Kier alpha value is -3.16. The van der Waals surface area contributed by atoms with Crippen LogP contribution in [0.25, 0.3) is 0 Å². The molecule has 2 N–H and O–H groups in total. The molecule has 4 atom stereocenters. The Balaban J connectivity index is 0.975. The number of hydrogen-bond donors (Lipinski definition) is 2. The molecule has 186 valence electrons. The molecule has 4 heterocycles. The third-order valence-electron chi connectivity index (χ3n) is 8.68. The van der Waals surface area contributed by atoms with Gasteiger partial charge in [0.25, 0.3) is 6.02 Å². The summed E-state index contributed by atoms with van der Waals surface area (Å²) in [6, 6.07) is 16.3. The van der Waals surface area contributed by atoms with Gasteiger partial charge in [0, 0.05) is 48.7 Å². The number of carbonyl (C=O) groups is 1. The number of piperazine rings is 1. The molecule has 7 rings (SSSR count). The van der Waals surface area contributed by atoms with Crippen LogP contribution in [0.3, 0.4) is 0 Å². The van der Waals surface area contributed by atoms with E-state index in [0.717, 1.165) is 49.3 Å². The van der Waals surface area contributed by atoms with Crippen LogP contribution in [0, 0.1) is 5.92 Å². The van der Waals surface area contributed by atoms with E-state index >= 15 is 0 Å². The minimum absolute atomic E-state index is 0.0432. The van der Waals surface area contributed by atoms with E-state index in [1.807, 2.05) is 18.2 Å². The van der Waals surface area contributed by atoms with Gasteiger partial charge in [0.1, 0.15) is 6.61 Å². The molecule has 1 amide bonds. The second-order valence-electron chi connectivity index (χ2n) is 11.0. The van der Waals surface area contributed by atoms with E-state index in [1.54, 1.807) is 0 Å². The largest absolute Gasteiger partial charge is 0.460 e. The van der Waals surface area contributed by atoms with Gasteiger partial charge in [-0.25, -0.2) is 4.99 Å². The fourth-order valence-corrected chi connectivity index (χ4v) is 6.91. The zero-order valence-corrected chi connectivity index (χ0v) is 20.6. The molecule has 1 aliphatic carbocycles. The lowest BCUT2D eigenvalue weighted by atomic mass is 9.91. The molecule has 36 heavy (non-hydrogen) atoms. The molecule has 5 aliphatic rings. The summed E-state index contributed by atoms with van der Waals surface area (Å²) >= 11 is 0. The number of anilines is 2. The fourth-order valence-electron chi connectivity index (χ4n) is 6.91. The van der Waals surface area contributed by atoms with Gasteiger partial charge < -0.3 is 15.4 Å². The average molecular weight is 484 g/mol. The number of hydrogen-bond acceptors (Lipinski definition) is 5. The third-order valence-corrected chi connectivity index (χ3v) is 8.68. The third kappa shape index (κ3) is 4.00. The molecule has 2 aromatic rings. The number of rotatable bonds is 4. The molecule has 3 fully saturated rings. The molecule has 2 aromatic carbocycles. The van der Waals surface area contributed by atoms with Crippen LogP contribution in [-0.4, -0.2) is 60.0 Å². The van der Waals surface area contributed by atoms with Crippen molar-refractivity contribution in [3.8, 4) is 0 Å². The van der Waals surface area contributed by atoms with Gasteiger partial charge in [0.2, 0.25) is 5.91 Å². The number of amides is 1. The second-order valence-corrected chi connectivity index (χ2v) is 11.0. The van der Waals surface area contributed by atoms with Gasteiger partial charge >= 0.3 is 0 Å². The fraction of sp³-hybridized carbons (Fsp3) is 0.448. The molecule has 0 aromatic heterocycles. The van der Waals surface area contributed by atoms with Crippen LogP contribution in [0.15, 0.2) is 59.6 Å². The molecule has 3 unspecified atom stereocenters. The molecule has 3 saturated heterocycles. The van der Waals surface area contributed by atoms with Crippen molar-refractivity contribution in [3.63, 3.8) is 0 Å². The number of benzene rings is 2. The van der Waals surface area contributed by atoms with Crippen LogP contribution in [0.4, 0.5) is 11.4 Å². The first-order valence-electron chi connectivity index (χ1n) is 13.2. The minimum Gasteiger partial charge on any atom is -0.460 e. The highest BCUT2D eigenvalue weighted by molar-refractivity contribution is 5.95. The topological polar surface area (TPSA) is 69.2 Å². The van der Waals surface area contributed by atoms with E-state index in [9.17, 15) is 4.79 Å². The highest BCUT2D eigenvalue weighted by atomic mass is 16.5. The summed E-state index contributed by atoms with van der Waals surface area (Å²) in [7, 11) is 0. The Morgan fingerprint density at radius 2 is 2.03 bits per heavy atom. The Morgan fingerprint density at radius 3 is 2.97 bits per heavy atom. The Kier molecular flexibility index (Phi) is 5.36. The second kappa shape index (κ2) is 8.75. The van der Waals surface area contributed by atoms with Crippen molar-refractivity contribution in [2.75, 3.05) is 36.8 Å². The quantitative estimate of drug-likeness (QED) is 0.645. The predicted molar refractivity (Wildman–Crippen MR) is 141 cm³/mol. The number of nitrogens with one attached hydrogen (secondary N) is 2. The highest BCUT2D eigenvalue weighted by Crippen LogP contribution is 2.41. The zero-order valence-electron chi connectivity index (χ0n) is 20.6. The Morgan fingerprint density at radius 1 is 1.14 bits per heavy atom. The van der Waals surface area contributed by atoms with Gasteiger partial charge in [-0.1, -0.05) is 36.4 Å². The zero-order chi connectivity index (χ0) is 24.2. The number of aliphatic imine (C=N–C) groups is 1. The maximum atomic E-state index is 12.9. The summed E-state index contributed by atoms with van der Waals surface area (Å²) in [4.78, 5) is 22.7. The summed E-state index contributed by atoms with van der Waals surface area (Å²) < 4.78 is 5.95. The molecule has 2 bridgehead atoms. The molecular formula is C29H33N5O2. The summed E-state index contributed by atoms with van der Waals surface area (Å²) in [6.07, 6.45) is 4.35. The van der Waals surface area contributed by atoms with E-state index in [4.69, 9.17) is 9.73 Å². The van der Waals surface area contributed by atoms with Crippen molar-refractivity contribution in [1.29, 1.82) is 0 Å². The van der Waals surface area contributed by atoms with Crippen molar-refractivity contribution < 1.29 is 9.53 Å². The molecule has 0 radical (unpaired) electrons. The van der Waals surface area contributed by atoms with Crippen molar-refractivity contribution in [3.05, 3.63) is 71.3 Å². The van der Waals surface area contributed by atoms with Crippen LogP contribution in [0.2, 0.25) is 0 Å². The van der Waals surface area contributed by atoms with Gasteiger partial charge in [0.15, 0.2) is 0 Å². The van der Waals surface area contributed by atoms with E-state index in [2.05, 4.69) is 51.3 Å². The minimum atomic E-state index is 0.0432. The van der Waals surface area contributed by atoms with Crippen LogP contribution < -0.4 is 10.6 Å². The van der Waals surface area contributed by atoms with Crippen molar-refractivity contribution in [2.45, 2.75) is 50.4 Å². The summed E-state index contributed by atoms with van der Waals surface area (Å²) in [5.41, 5.74) is 6.91. The first-order chi connectivity index (χ1) is 17.6. The molecule has 0 spiro atoms. The maximum Gasteiger partial charge on any atom is 0.290 e. The summed E-state index contributed by atoms with van der Waals surface area (Å²) in [5, 5.41) is 6.44. The SMILES string of the molecule is C=C1CC2CN(CC(=O)Nc3ccc4c(c3)COC(=N[C@@H]3CCc5ccccc53)N4)CC3CC1CN23. The molecule has 7 heteroatoms. The lowest BCUT2D eigenvalue weighted by molar-refractivity contribution is -0.118. The highest BCUT2D eigenvalue weighted by Gasteiger charge is 2.46. The van der Waals surface area contributed by atoms with Gasteiger partial charge in [-0.15, -0.1) is 0 Å². The summed E-state index contributed by atoms with van der Waals surface area (Å²) in [5.74, 6) is 0.701.